The van der Waals surface area contributed by atoms with E-state index in [-0.39, 0.29) is 17.0 Å². The molecule has 30 heavy (non-hydrogen) atoms. The fourth-order valence-corrected chi connectivity index (χ4v) is 8.13. The molecule has 0 bridgehead atoms. The molecule has 166 valence electrons. The molecule has 2 heteroatoms. The number of fused-ring (bicyclic) bond motifs is 5. The van der Waals surface area contributed by atoms with Gasteiger partial charge in [-0.2, -0.15) is 0 Å². The minimum Gasteiger partial charge on any atom is -0.295 e. The Kier molecular flexibility index (Phi) is 5.92. The third-order valence-electron chi connectivity index (χ3n) is 10.1. The summed E-state index contributed by atoms with van der Waals surface area (Å²) in [5.74, 6) is 4.41. The standard InChI is InChI=1S/C28H42O2/c1-6-19(18(2)3)8-7-9-20-10-11-23-22-17-26(30)25-16-21(29)12-14-28(25,5)24(22)13-15-27(20,23)4/h7-8,16,18-20,22-24H,6,9-15,17H2,1-5H3/b8-7+. The van der Waals surface area contributed by atoms with Gasteiger partial charge in [0.15, 0.2) is 11.6 Å². The van der Waals surface area contributed by atoms with Crippen molar-refractivity contribution in [1.82, 2.24) is 0 Å². The summed E-state index contributed by atoms with van der Waals surface area (Å²) in [6.07, 6.45) is 16.4. The van der Waals surface area contributed by atoms with Crippen LogP contribution in [0.1, 0.15) is 92.4 Å². The maximum absolute atomic E-state index is 13.1. The Morgan fingerprint density at radius 1 is 1.10 bits per heavy atom. The molecule has 4 aliphatic rings. The summed E-state index contributed by atoms with van der Waals surface area (Å²) in [5, 5.41) is 0. The highest BCUT2D eigenvalue weighted by molar-refractivity contribution is 6.05. The second-order valence-electron chi connectivity index (χ2n) is 11.7. The molecule has 4 rings (SSSR count). The molecule has 0 aliphatic heterocycles. The van der Waals surface area contributed by atoms with E-state index < -0.39 is 0 Å². The smallest absolute Gasteiger partial charge is 0.159 e. The Hall–Kier alpha value is -1.18. The lowest BCUT2D eigenvalue weighted by atomic mass is 9.46. The molecular weight excluding hydrogens is 368 g/mol. The van der Waals surface area contributed by atoms with Crippen LogP contribution < -0.4 is 0 Å². The summed E-state index contributed by atoms with van der Waals surface area (Å²) in [6, 6.07) is 0. The lowest BCUT2D eigenvalue weighted by Gasteiger charge is -2.57. The van der Waals surface area contributed by atoms with Crippen LogP contribution in [0.2, 0.25) is 0 Å². The SMILES string of the molecule is CCC(/C=C/CC1CCC2C3CC(=O)C4=CC(=O)CCC4(C)C3CCC12C)C(C)C. The highest BCUT2D eigenvalue weighted by Crippen LogP contribution is 2.66. The molecule has 3 saturated carbocycles. The second kappa shape index (κ2) is 8.06. The molecule has 0 radical (unpaired) electrons. The van der Waals surface area contributed by atoms with Crippen molar-refractivity contribution < 1.29 is 9.59 Å². The Labute approximate surface area is 184 Å². The number of allylic oxidation sites excluding steroid dienone is 3. The zero-order valence-electron chi connectivity index (χ0n) is 19.9. The Bertz CT molecular complexity index is 759. The number of carbonyl (C=O) groups excluding carboxylic acids is 2. The average molecular weight is 411 g/mol. The second-order valence-corrected chi connectivity index (χ2v) is 11.7. The molecule has 0 aromatic carbocycles. The van der Waals surface area contributed by atoms with Crippen LogP contribution in [-0.4, -0.2) is 11.6 Å². The highest BCUT2D eigenvalue weighted by Gasteiger charge is 2.60. The van der Waals surface area contributed by atoms with Gasteiger partial charge >= 0.3 is 0 Å². The van der Waals surface area contributed by atoms with Crippen molar-refractivity contribution >= 4 is 11.6 Å². The maximum Gasteiger partial charge on any atom is 0.159 e. The van der Waals surface area contributed by atoms with Gasteiger partial charge in [0.1, 0.15) is 0 Å². The molecule has 0 N–H and O–H groups in total. The van der Waals surface area contributed by atoms with Gasteiger partial charge in [-0.15, -0.1) is 0 Å². The average Bonchev–Trinajstić information content (AvgIpc) is 3.03. The topological polar surface area (TPSA) is 34.1 Å². The largest absolute Gasteiger partial charge is 0.295 e. The quantitative estimate of drug-likeness (QED) is 0.460. The third-order valence-corrected chi connectivity index (χ3v) is 10.1. The molecule has 0 heterocycles. The van der Waals surface area contributed by atoms with Crippen molar-refractivity contribution in [2.45, 2.75) is 92.4 Å². The Morgan fingerprint density at radius 2 is 1.87 bits per heavy atom. The van der Waals surface area contributed by atoms with E-state index in [9.17, 15) is 9.59 Å². The maximum atomic E-state index is 13.1. The fourth-order valence-electron chi connectivity index (χ4n) is 8.13. The van der Waals surface area contributed by atoms with Crippen molar-refractivity contribution in [3.8, 4) is 0 Å². The van der Waals surface area contributed by atoms with Gasteiger partial charge in [0.2, 0.25) is 0 Å². The molecule has 2 nitrogen and oxygen atoms in total. The number of hydrogen-bond acceptors (Lipinski definition) is 2. The van der Waals surface area contributed by atoms with Crippen LogP contribution >= 0.6 is 0 Å². The van der Waals surface area contributed by atoms with E-state index in [2.05, 4.69) is 46.8 Å². The van der Waals surface area contributed by atoms with Crippen LogP contribution in [0.4, 0.5) is 0 Å². The van der Waals surface area contributed by atoms with Crippen LogP contribution in [0.15, 0.2) is 23.8 Å². The lowest BCUT2D eigenvalue weighted by Crippen LogP contribution is -2.52. The number of carbonyl (C=O) groups is 2. The van der Waals surface area contributed by atoms with Crippen LogP contribution in [0, 0.1) is 46.3 Å². The summed E-state index contributed by atoms with van der Waals surface area (Å²) in [5.41, 5.74) is 1.20. The molecule has 0 aromatic rings. The van der Waals surface area contributed by atoms with Gasteiger partial charge in [0.25, 0.3) is 0 Å². The first kappa shape index (κ1) is 22.0. The first-order chi connectivity index (χ1) is 14.2. The van der Waals surface area contributed by atoms with E-state index in [1.807, 2.05) is 0 Å². The van der Waals surface area contributed by atoms with Gasteiger partial charge in [0, 0.05) is 18.4 Å². The van der Waals surface area contributed by atoms with Crippen LogP contribution in [0.3, 0.4) is 0 Å². The highest BCUT2D eigenvalue weighted by atomic mass is 16.1. The molecule has 0 spiro atoms. The minimum absolute atomic E-state index is 0.0567. The molecular formula is C28H42O2. The third kappa shape index (κ3) is 3.47. The fraction of sp³-hybridized carbons (Fsp3) is 0.786. The lowest BCUT2D eigenvalue weighted by molar-refractivity contribution is -0.131. The number of ketones is 2. The first-order valence-electron chi connectivity index (χ1n) is 12.7. The zero-order valence-corrected chi connectivity index (χ0v) is 19.9. The molecule has 0 saturated heterocycles. The predicted molar refractivity (Wildman–Crippen MR) is 123 cm³/mol. The van der Waals surface area contributed by atoms with Crippen LogP contribution in [0.5, 0.6) is 0 Å². The normalized spacial score (nSPS) is 42.1. The number of Topliss-reactive ketones (excluding diaryl/α,β-unsaturated/α-hetero) is 1. The predicted octanol–water partition coefficient (Wildman–Crippen LogP) is 6.94. The van der Waals surface area contributed by atoms with Gasteiger partial charge in [-0.05, 0) is 97.4 Å². The summed E-state index contributed by atoms with van der Waals surface area (Å²) in [6.45, 7) is 11.8. The van der Waals surface area contributed by atoms with Crippen molar-refractivity contribution in [3.63, 3.8) is 0 Å². The van der Waals surface area contributed by atoms with E-state index in [0.29, 0.717) is 47.8 Å². The van der Waals surface area contributed by atoms with E-state index in [1.54, 1.807) is 6.08 Å². The number of hydrogen-bond donors (Lipinski definition) is 0. The van der Waals surface area contributed by atoms with Gasteiger partial charge in [-0.3, -0.25) is 9.59 Å². The van der Waals surface area contributed by atoms with E-state index >= 15 is 0 Å². The van der Waals surface area contributed by atoms with Crippen molar-refractivity contribution in [2.75, 3.05) is 0 Å². The van der Waals surface area contributed by atoms with E-state index in [0.717, 1.165) is 17.9 Å². The minimum atomic E-state index is -0.0567. The molecule has 0 aromatic heterocycles. The van der Waals surface area contributed by atoms with Gasteiger partial charge in [-0.1, -0.05) is 46.8 Å². The molecule has 7 unspecified atom stereocenters. The van der Waals surface area contributed by atoms with Gasteiger partial charge < -0.3 is 0 Å². The summed E-state index contributed by atoms with van der Waals surface area (Å²) < 4.78 is 0. The summed E-state index contributed by atoms with van der Waals surface area (Å²) >= 11 is 0. The zero-order chi connectivity index (χ0) is 21.7. The van der Waals surface area contributed by atoms with Crippen LogP contribution in [-0.2, 0) is 9.59 Å². The Balaban J connectivity index is 1.52. The van der Waals surface area contributed by atoms with Crippen molar-refractivity contribution in [3.05, 3.63) is 23.8 Å². The molecule has 0 amide bonds. The molecule has 4 aliphatic carbocycles. The monoisotopic (exact) mass is 410 g/mol. The van der Waals surface area contributed by atoms with Crippen LogP contribution in [0.25, 0.3) is 0 Å². The summed E-state index contributed by atoms with van der Waals surface area (Å²) in [7, 11) is 0. The van der Waals surface area contributed by atoms with Gasteiger partial charge in [0.05, 0.1) is 0 Å². The Morgan fingerprint density at radius 3 is 2.57 bits per heavy atom. The van der Waals surface area contributed by atoms with E-state index in [4.69, 9.17) is 0 Å². The van der Waals surface area contributed by atoms with Gasteiger partial charge in [-0.25, -0.2) is 0 Å². The van der Waals surface area contributed by atoms with Crippen molar-refractivity contribution in [2.24, 2.45) is 46.3 Å². The number of rotatable bonds is 5. The summed E-state index contributed by atoms with van der Waals surface area (Å²) in [4.78, 5) is 25.1. The van der Waals surface area contributed by atoms with E-state index in [1.165, 1.54) is 38.5 Å². The van der Waals surface area contributed by atoms with Crippen molar-refractivity contribution in [1.29, 1.82) is 0 Å². The molecule has 3 fully saturated rings. The molecule has 7 atom stereocenters. The first-order valence-corrected chi connectivity index (χ1v) is 12.7.